The molecule has 0 radical (unpaired) electrons. The maximum atomic E-state index is 12.3. The van der Waals surface area contributed by atoms with E-state index in [2.05, 4.69) is 22.2 Å². The van der Waals surface area contributed by atoms with Crippen molar-refractivity contribution >= 4 is 16.7 Å². The molecule has 3 aromatic rings. The minimum absolute atomic E-state index is 0.0718. The van der Waals surface area contributed by atoms with E-state index in [1.165, 1.54) is 0 Å². The zero-order valence-corrected chi connectivity index (χ0v) is 14.7. The van der Waals surface area contributed by atoms with E-state index >= 15 is 0 Å². The first-order valence-electron chi connectivity index (χ1n) is 8.67. The lowest BCUT2D eigenvalue weighted by Crippen LogP contribution is -2.19. The highest BCUT2D eigenvalue weighted by Crippen LogP contribution is 2.24. The summed E-state index contributed by atoms with van der Waals surface area (Å²) in [5, 5.41) is 13.4. The summed E-state index contributed by atoms with van der Waals surface area (Å²) in [5.74, 6) is 1.43. The Kier molecular flexibility index (Phi) is 5.96. The Morgan fingerprint density at radius 1 is 1.19 bits per heavy atom. The number of fused-ring (bicyclic) bond motifs is 1. The first-order valence-corrected chi connectivity index (χ1v) is 8.67. The maximum Gasteiger partial charge on any atom is 0.125 e. The molecule has 0 spiro atoms. The number of nitrogens with zero attached hydrogens (tertiary/aromatic N) is 2. The summed E-state index contributed by atoms with van der Waals surface area (Å²) < 4.78 is 17.7. The van der Waals surface area contributed by atoms with Gasteiger partial charge in [-0.1, -0.05) is 13.0 Å². The lowest BCUT2D eigenvalue weighted by Gasteiger charge is -2.10. The monoisotopic (exact) mass is 355 g/mol. The van der Waals surface area contributed by atoms with Crippen LogP contribution in [-0.2, 0) is 0 Å². The third-order valence-electron chi connectivity index (χ3n) is 3.90. The van der Waals surface area contributed by atoms with Crippen molar-refractivity contribution in [1.82, 2.24) is 9.97 Å². The van der Waals surface area contributed by atoms with Gasteiger partial charge in [-0.05, 0) is 42.8 Å². The standard InChI is InChI=1S/C20H22FN3O2/c1-2-9-22-20-8-4-15(12-23-20)19-6-3-14-10-17(5-7-18(14)24-19)26-13-16(25)11-21/h3-8,10,12,16,25H,2,9,11,13H2,1H3,(H,22,23)/t16-/m1/s1. The number of alkyl halides is 1. The highest BCUT2D eigenvalue weighted by atomic mass is 19.1. The van der Waals surface area contributed by atoms with Crippen LogP contribution in [0, 0.1) is 0 Å². The molecule has 0 aliphatic heterocycles. The molecule has 6 heteroatoms. The van der Waals surface area contributed by atoms with Crippen molar-refractivity contribution < 1.29 is 14.2 Å². The SMILES string of the molecule is CCCNc1ccc(-c2ccc3cc(OC[C@H](O)CF)ccc3n2)cn1. The van der Waals surface area contributed by atoms with Gasteiger partial charge in [0.15, 0.2) is 0 Å². The lowest BCUT2D eigenvalue weighted by molar-refractivity contribution is 0.0842. The number of aromatic nitrogens is 2. The third kappa shape index (κ3) is 4.46. The predicted octanol–water partition coefficient (Wildman–Crippen LogP) is 3.83. The molecule has 0 amide bonds. The molecule has 1 aromatic carbocycles. The van der Waals surface area contributed by atoms with Gasteiger partial charge in [-0.3, -0.25) is 0 Å². The molecule has 5 nitrogen and oxygen atoms in total. The number of ether oxygens (including phenoxy) is 1. The Hall–Kier alpha value is -2.73. The average Bonchev–Trinajstić information content (AvgIpc) is 2.70. The Balaban J connectivity index is 1.76. The van der Waals surface area contributed by atoms with Crippen LogP contribution in [0.25, 0.3) is 22.2 Å². The van der Waals surface area contributed by atoms with E-state index in [-0.39, 0.29) is 6.61 Å². The summed E-state index contributed by atoms with van der Waals surface area (Å²) in [5.41, 5.74) is 2.61. The second-order valence-electron chi connectivity index (χ2n) is 6.03. The van der Waals surface area contributed by atoms with Crippen LogP contribution in [0.4, 0.5) is 10.2 Å². The van der Waals surface area contributed by atoms with E-state index in [9.17, 15) is 9.50 Å². The Labute approximate surface area is 151 Å². The zero-order valence-electron chi connectivity index (χ0n) is 14.7. The van der Waals surface area contributed by atoms with Crippen LogP contribution in [0.5, 0.6) is 5.75 Å². The third-order valence-corrected chi connectivity index (χ3v) is 3.90. The van der Waals surface area contributed by atoms with Gasteiger partial charge in [0.05, 0.1) is 11.2 Å². The van der Waals surface area contributed by atoms with E-state index in [0.29, 0.717) is 5.75 Å². The van der Waals surface area contributed by atoms with E-state index in [1.807, 2.05) is 42.6 Å². The van der Waals surface area contributed by atoms with Crippen molar-refractivity contribution in [1.29, 1.82) is 0 Å². The fraction of sp³-hybridized carbons (Fsp3) is 0.300. The van der Waals surface area contributed by atoms with Crippen LogP contribution in [-0.4, -0.2) is 41.0 Å². The fourth-order valence-electron chi connectivity index (χ4n) is 2.49. The summed E-state index contributed by atoms with van der Waals surface area (Å²) in [6.45, 7) is 2.12. The second kappa shape index (κ2) is 8.58. The number of pyridine rings is 2. The molecule has 3 rings (SSSR count). The van der Waals surface area contributed by atoms with Crippen LogP contribution in [0.1, 0.15) is 13.3 Å². The molecule has 0 saturated carbocycles. The lowest BCUT2D eigenvalue weighted by atomic mass is 10.1. The molecule has 0 fully saturated rings. The van der Waals surface area contributed by atoms with Crippen LogP contribution in [0.15, 0.2) is 48.7 Å². The Morgan fingerprint density at radius 3 is 2.81 bits per heavy atom. The molecule has 2 N–H and O–H groups in total. The minimum Gasteiger partial charge on any atom is -0.491 e. The number of nitrogens with one attached hydrogen (secondary N) is 1. The molecule has 0 bridgehead atoms. The zero-order chi connectivity index (χ0) is 18.4. The van der Waals surface area contributed by atoms with E-state index < -0.39 is 12.8 Å². The van der Waals surface area contributed by atoms with Crippen molar-refractivity contribution in [3.8, 4) is 17.0 Å². The molecule has 1 atom stereocenters. The van der Waals surface area contributed by atoms with Gasteiger partial charge in [-0.2, -0.15) is 0 Å². The minimum atomic E-state index is -1.10. The predicted molar refractivity (Wildman–Crippen MR) is 101 cm³/mol. The van der Waals surface area contributed by atoms with Crippen LogP contribution in [0.2, 0.25) is 0 Å². The second-order valence-corrected chi connectivity index (χ2v) is 6.03. The van der Waals surface area contributed by atoms with Gasteiger partial charge in [0.25, 0.3) is 0 Å². The summed E-state index contributed by atoms with van der Waals surface area (Å²) in [6, 6.07) is 13.3. The summed E-state index contributed by atoms with van der Waals surface area (Å²) >= 11 is 0. The number of benzene rings is 1. The number of halogens is 1. The highest BCUT2D eigenvalue weighted by Gasteiger charge is 2.07. The first kappa shape index (κ1) is 18.1. The maximum absolute atomic E-state index is 12.3. The van der Waals surface area contributed by atoms with E-state index in [0.717, 1.165) is 40.9 Å². The van der Waals surface area contributed by atoms with E-state index in [4.69, 9.17) is 4.74 Å². The molecule has 26 heavy (non-hydrogen) atoms. The summed E-state index contributed by atoms with van der Waals surface area (Å²) in [6.07, 6.45) is 1.75. The number of anilines is 1. The molecule has 136 valence electrons. The molecule has 0 saturated heterocycles. The quantitative estimate of drug-likeness (QED) is 0.643. The topological polar surface area (TPSA) is 67.3 Å². The van der Waals surface area contributed by atoms with Crippen molar-refractivity contribution in [2.75, 3.05) is 25.1 Å². The van der Waals surface area contributed by atoms with Crippen LogP contribution >= 0.6 is 0 Å². The van der Waals surface area contributed by atoms with Crippen molar-refractivity contribution in [2.45, 2.75) is 19.4 Å². The van der Waals surface area contributed by atoms with Gasteiger partial charge in [0, 0.05) is 23.7 Å². The van der Waals surface area contributed by atoms with Crippen molar-refractivity contribution in [2.24, 2.45) is 0 Å². The molecular weight excluding hydrogens is 333 g/mol. The Morgan fingerprint density at radius 2 is 2.08 bits per heavy atom. The van der Waals surface area contributed by atoms with Gasteiger partial charge < -0.3 is 15.2 Å². The normalized spacial score (nSPS) is 12.1. The number of aliphatic hydroxyl groups excluding tert-OH is 1. The molecule has 0 unspecified atom stereocenters. The average molecular weight is 355 g/mol. The van der Waals surface area contributed by atoms with Crippen LogP contribution < -0.4 is 10.1 Å². The number of aliphatic hydroxyl groups is 1. The number of rotatable bonds is 8. The number of hydrogen-bond acceptors (Lipinski definition) is 5. The molecule has 0 aliphatic carbocycles. The Bertz CT molecular complexity index is 855. The van der Waals surface area contributed by atoms with Crippen molar-refractivity contribution in [3.05, 3.63) is 48.7 Å². The van der Waals surface area contributed by atoms with Gasteiger partial charge in [-0.25, -0.2) is 14.4 Å². The van der Waals surface area contributed by atoms with Gasteiger partial charge in [-0.15, -0.1) is 0 Å². The van der Waals surface area contributed by atoms with Gasteiger partial charge >= 0.3 is 0 Å². The number of hydrogen-bond donors (Lipinski definition) is 2. The molecular formula is C20H22FN3O2. The highest BCUT2D eigenvalue weighted by molar-refractivity contribution is 5.82. The first-order chi connectivity index (χ1) is 12.7. The van der Waals surface area contributed by atoms with Gasteiger partial charge in [0.1, 0.15) is 31.0 Å². The summed E-state index contributed by atoms with van der Waals surface area (Å²) in [4.78, 5) is 9.07. The van der Waals surface area contributed by atoms with Gasteiger partial charge in [0.2, 0.25) is 0 Å². The van der Waals surface area contributed by atoms with Crippen molar-refractivity contribution in [3.63, 3.8) is 0 Å². The molecule has 2 aromatic heterocycles. The fourth-order valence-corrected chi connectivity index (χ4v) is 2.49. The molecule has 0 aliphatic rings. The van der Waals surface area contributed by atoms with E-state index in [1.54, 1.807) is 6.07 Å². The largest absolute Gasteiger partial charge is 0.491 e. The smallest absolute Gasteiger partial charge is 0.125 e. The summed E-state index contributed by atoms with van der Waals surface area (Å²) in [7, 11) is 0. The molecule has 2 heterocycles. The van der Waals surface area contributed by atoms with Crippen LogP contribution in [0.3, 0.4) is 0 Å².